The van der Waals surface area contributed by atoms with Gasteiger partial charge in [0, 0.05) is 50.7 Å². The SMILES string of the molecule is CS(=O)(=O)N(CCC(=O)N1CCN(C=O)CC1)Cc1ccccc1Cl. The summed E-state index contributed by atoms with van der Waals surface area (Å²) in [6.07, 6.45) is 1.99. The van der Waals surface area contributed by atoms with Gasteiger partial charge in [-0.2, -0.15) is 4.31 Å². The quantitative estimate of drug-likeness (QED) is 0.648. The van der Waals surface area contributed by atoms with E-state index in [-0.39, 0.29) is 25.4 Å². The third kappa shape index (κ3) is 5.69. The number of piperazine rings is 1. The maximum atomic E-state index is 12.3. The van der Waals surface area contributed by atoms with Crippen LogP contribution in [0, 0.1) is 0 Å². The molecule has 1 aromatic carbocycles. The van der Waals surface area contributed by atoms with Crippen LogP contribution in [-0.4, -0.2) is 73.8 Å². The van der Waals surface area contributed by atoms with E-state index >= 15 is 0 Å². The molecule has 1 saturated heterocycles. The van der Waals surface area contributed by atoms with Gasteiger partial charge in [0.1, 0.15) is 0 Å². The summed E-state index contributed by atoms with van der Waals surface area (Å²) >= 11 is 6.10. The van der Waals surface area contributed by atoms with Crippen LogP contribution in [0.4, 0.5) is 0 Å². The average Bonchev–Trinajstić information content (AvgIpc) is 2.59. The summed E-state index contributed by atoms with van der Waals surface area (Å²) in [7, 11) is -3.47. The number of sulfonamides is 1. The molecule has 0 unspecified atom stereocenters. The van der Waals surface area contributed by atoms with Gasteiger partial charge in [0.25, 0.3) is 0 Å². The largest absolute Gasteiger partial charge is 0.342 e. The van der Waals surface area contributed by atoms with Crippen molar-refractivity contribution in [3.05, 3.63) is 34.9 Å². The van der Waals surface area contributed by atoms with Crippen LogP contribution in [0.2, 0.25) is 5.02 Å². The number of hydrogen-bond acceptors (Lipinski definition) is 4. The number of halogens is 1. The van der Waals surface area contributed by atoms with E-state index in [0.717, 1.165) is 12.7 Å². The molecule has 1 aromatic rings. The summed E-state index contributed by atoms with van der Waals surface area (Å²) in [6.45, 7) is 2.18. The second-order valence-electron chi connectivity index (χ2n) is 5.96. The first-order valence-electron chi connectivity index (χ1n) is 7.97. The van der Waals surface area contributed by atoms with Crippen molar-refractivity contribution >= 4 is 33.9 Å². The van der Waals surface area contributed by atoms with Gasteiger partial charge in [-0.05, 0) is 11.6 Å². The highest BCUT2D eigenvalue weighted by Crippen LogP contribution is 2.18. The molecule has 0 saturated carbocycles. The third-order valence-corrected chi connectivity index (χ3v) is 5.78. The summed E-state index contributed by atoms with van der Waals surface area (Å²) in [5.74, 6) is -0.113. The van der Waals surface area contributed by atoms with Crippen molar-refractivity contribution in [1.29, 1.82) is 0 Å². The Morgan fingerprint density at radius 1 is 1.24 bits per heavy atom. The van der Waals surface area contributed by atoms with Gasteiger partial charge in [-0.15, -0.1) is 0 Å². The van der Waals surface area contributed by atoms with Crippen molar-refractivity contribution in [2.45, 2.75) is 13.0 Å². The fraction of sp³-hybridized carbons (Fsp3) is 0.500. The molecule has 7 nitrogen and oxygen atoms in total. The molecule has 2 rings (SSSR count). The molecule has 1 heterocycles. The Morgan fingerprint density at radius 2 is 1.88 bits per heavy atom. The molecular weight excluding hydrogens is 366 g/mol. The monoisotopic (exact) mass is 387 g/mol. The molecule has 9 heteroatoms. The van der Waals surface area contributed by atoms with Gasteiger partial charge in [-0.25, -0.2) is 8.42 Å². The highest BCUT2D eigenvalue weighted by atomic mass is 35.5. The second-order valence-corrected chi connectivity index (χ2v) is 8.35. The molecular formula is C16H22ClN3O4S. The van der Waals surface area contributed by atoms with Gasteiger partial charge >= 0.3 is 0 Å². The van der Waals surface area contributed by atoms with E-state index in [1.165, 1.54) is 4.31 Å². The molecule has 0 N–H and O–H groups in total. The minimum Gasteiger partial charge on any atom is -0.342 e. The zero-order valence-electron chi connectivity index (χ0n) is 14.1. The Balaban J connectivity index is 1.95. The fourth-order valence-electron chi connectivity index (χ4n) is 2.63. The van der Waals surface area contributed by atoms with Gasteiger partial charge in [0.05, 0.1) is 6.26 Å². The molecule has 138 valence electrons. The predicted molar refractivity (Wildman–Crippen MR) is 95.5 cm³/mol. The molecule has 25 heavy (non-hydrogen) atoms. The molecule has 1 aliphatic heterocycles. The molecule has 0 spiro atoms. The van der Waals surface area contributed by atoms with E-state index in [1.54, 1.807) is 34.1 Å². The summed E-state index contributed by atoms with van der Waals surface area (Å²) < 4.78 is 25.3. The van der Waals surface area contributed by atoms with Crippen molar-refractivity contribution < 1.29 is 18.0 Å². The number of nitrogens with zero attached hydrogens (tertiary/aromatic N) is 3. The van der Waals surface area contributed by atoms with Crippen LogP contribution in [0.15, 0.2) is 24.3 Å². The molecule has 2 amide bonds. The summed E-state index contributed by atoms with van der Waals surface area (Å²) in [5, 5.41) is 0.493. The maximum absolute atomic E-state index is 12.3. The van der Waals surface area contributed by atoms with Crippen LogP contribution in [0.1, 0.15) is 12.0 Å². The number of hydrogen-bond donors (Lipinski definition) is 0. The Hall–Kier alpha value is -1.64. The van der Waals surface area contributed by atoms with Crippen molar-refractivity contribution in [2.75, 3.05) is 39.0 Å². The second kappa shape index (κ2) is 8.64. The average molecular weight is 388 g/mol. The number of rotatable bonds is 7. The first-order chi connectivity index (χ1) is 11.8. The summed E-state index contributed by atoms with van der Waals surface area (Å²) in [5.41, 5.74) is 0.696. The molecule has 0 atom stereocenters. The third-order valence-electron chi connectivity index (χ3n) is 4.16. The number of amides is 2. The Kier molecular flexibility index (Phi) is 6.80. The van der Waals surface area contributed by atoms with E-state index in [9.17, 15) is 18.0 Å². The lowest BCUT2D eigenvalue weighted by molar-refractivity contribution is -0.135. The van der Waals surface area contributed by atoms with E-state index in [0.29, 0.717) is 36.8 Å². The fourth-order valence-corrected chi connectivity index (χ4v) is 3.63. The molecule has 0 radical (unpaired) electrons. The smallest absolute Gasteiger partial charge is 0.224 e. The van der Waals surface area contributed by atoms with Crippen molar-refractivity contribution in [1.82, 2.24) is 14.1 Å². The maximum Gasteiger partial charge on any atom is 0.224 e. The highest BCUT2D eigenvalue weighted by molar-refractivity contribution is 7.88. The molecule has 0 aliphatic carbocycles. The predicted octanol–water partition coefficient (Wildman–Crippen LogP) is 0.792. The van der Waals surface area contributed by atoms with E-state index in [2.05, 4.69) is 0 Å². The zero-order valence-corrected chi connectivity index (χ0v) is 15.7. The van der Waals surface area contributed by atoms with Gasteiger partial charge in [0.2, 0.25) is 22.3 Å². The van der Waals surface area contributed by atoms with Gasteiger partial charge < -0.3 is 9.80 Å². The van der Waals surface area contributed by atoms with E-state index in [4.69, 9.17) is 11.6 Å². The van der Waals surface area contributed by atoms with Crippen LogP contribution in [0.25, 0.3) is 0 Å². The number of carbonyl (C=O) groups excluding carboxylic acids is 2. The normalized spacial score (nSPS) is 15.5. The standard InChI is InChI=1S/C16H22ClN3O4S/c1-25(23,24)20(12-14-4-2-3-5-15(14)17)7-6-16(22)19-10-8-18(13-21)9-11-19/h2-5,13H,6-12H2,1H3. The van der Waals surface area contributed by atoms with Gasteiger partial charge in [-0.1, -0.05) is 29.8 Å². The molecule has 0 bridgehead atoms. The number of benzene rings is 1. The number of carbonyl (C=O) groups is 2. The Bertz CT molecular complexity index is 718. The Morgan fingerprint density at radius 3 is 2.44 bits per heavy atom. The minimum absolute atomic E-state index is 0.0940. The highest BCUT2D eigenvalue weighted by Gasteiger charge is 2.23. The lowest BCUT2D eigenvalue weighted by Gasteiger charge is -2.33. The van der Waals surface area contributed by atoms with Gasteiger partial charge in [-0.3, -0.25) is 9.59 Å². The molecule has 0 aromatic heterocycles. The van der Waals surface area contributed by atoms with Crippen LogP contribution in [-0.2, 0) is 26.2 Å². The lowest BCUT2D eigenvalue weighted by Crippen LogP contribution is -2.48. The lowest BCUT2D eigenvalue weighted by atomic mass is 10.2. The van der Waals surface area contributed by atoms with Crippen molar-refractivity contribution in [3.8, 4) is 0 Å². The Labute approximate surface area is 153 Å². The van der Waals surface area contributed by atoms with E-state index < -0.39 is 10.0 Å². The summed E-state index contributed by atoms with van der Waals surface area (Å²) in [4.78, 5) is 26.3. The van der Waals surface area contributed by atoms with Crippen LogP contribution in [0.5, 0.6) is 0 Å². The first kappa shape index (κ1) is 19.7. The van der Waals surface area contributed by atoms with Crippen LogP contribution >= 0.6 is 11.6 Å². The van der Waals surface area contributed by atoms with Crippen molar-refractivity contribution in [3.63, 3.8) is 0 Å². The van der Waals surface area contributed by atoms with Crippen LogP contribution < -0.4 is 0 Å². The summed E-state index contributed by atoms with van der Waals surface area (Å²) in [6, 6.07) is 7.04. The molecule has 1 fully saturated rings. The topological polar surface area (TPSA) is 78.0 Å². The minimum atomic E-state index is -3.47. The van der Waals surface area contributed by atoms with Crippen LogP contribution in [0.3, 0.4) is 0 Å². The van der Waals surface area contributed by atoms with Gasteiger partial charge in [0.15, 0.2) is 0 Å². The van der Waals surface area contributed by atoms with Crippen molar-refractivity contribution in [2.24, 2.45) is 0 Å². The van der Waals surface area contributed by atoms with E-state index in [1.807, 2.05) is 0 Å². The molecule has 1 aliphatic rings. The first-order valence-corrected chi connectivity index (χ1v) is 10.2. The zero-order chi connectivity index (χ0) is 18.4.